The van der Waals surface area contributed by atoms with E-state index in [1.165, 1.54) is 11.8 Å². The van der Waals surface area contributed by atoms with Crippen LogP contribution in [0.5, 0.6) is 0 Å². The summed E-state index contributed by atoms with van der Waals surface area (Å²) >= 11 is 1.39. The fraction of sp³-hybridized carbons (Fsp3) is 0.312. The topological polar surface area (TPSA) is 73.0 Å². The molecule has 0 radical (unpaired) electrons. The molecule has 23 heavy (non-hydrogen) atoms. The van der Waals surface area contributed by atoms with Crippen molar-refractivity contribution in [3.05, 3.63) is 36.0 Å². The number of fused-ring (bicyclic) bond motifs is 1. The Hall–Kier alpha value is -2.28. The molecular formula is C16H18N4O2S. The molecule has 1 amide bonds. The second-order valence-corrected chi connectivity index (χ2v) is 6.49. The fourth-order valence-corrected chi connectivity index (χ4v) is 2.96. The molecule has 2 heterocycles. The lowest BCUT2D eigenvalue weighted by Gasteiger charge is -2.02. The van der Waals surface area contributed by atoms with E-state index in [4.69, 9.17) is 4.52 Å². The van der Waals surface area contributed by atoms with E-state index in [1.807, 2.05) is 49.7 Å². The number of thioether (sulfide) groups is 1. The summed E-state index contributed by atoms with van der Waals surface area (Å²) in [5.41, 5.74) is 2.80. The third kappa shape index (κ3) is 3.39. The number of carbonyl (C=O) groups excluding carboxylic acids is 1. The van der Waals surface area contributed by atoms with Crippen molar-refractivity contribution in [2.75, 3.05) is 11.1 Å². The molecule has 0 saturated carbocycles. The standard InChI is InChI=1S/C16H18N4O2S/c1-10(2)12-8-15(22-19-12)18-14(21)9-23-16-17-11-6-4-5-7-13(11)20(16)3/h4-8,10H,9H2,1-3H3,(H,18,21). The molecule has 0 aliphatic carbocycles. The van der Waals surface area contributed by atoms with Gasteiger partial charge < -0.3 is 9.09 Å². The number of anilines is 1. The van der Waals surface area contributed by atoms with E-state index in [9.17, 15) is 4.79 Å². The summed E-state index contributed by atoms with van der Waals surface area (Å²) in [6, 6.07) is 9.65. The third-order valence-corrected chi connectivity index (χ3v) is 4.49. The Morgan fingerprint density at radius 3 is 2.87 bits per heavy atom. The second-order valence-electron chi connectivity index (χ2n) is 5.55. The molecule has 0 aliphatic rings. The number of nitrogens with zero attached hydrogens (tertiary/aromatic N) is 3. The Labute approximate surface area is 138 Å². The van der Waals surface area contributed by atoms with Gasteiger partial charge in [-0.05, 0) is 18.1 Å². The number of para-hydroxylation sites is 2. The average molecular weight is 330 g/mol. The lowest BCUT2D eigenvalue weighted by Crippen LogP contribution is -2.13. The SMILES string of the molecule is CC(C)c1cc(NC(=O)CSc2nc3ccccc3n2C)on1. The van der Waals surface area contributed by atoms with Gasteiger partial charge in [0.15, 0.2) is 5.16 Å². The number of benzene rings is 1. The lowest BCUT2D eigenvalue weighted by molar-refractivity contribution is -0.113. The lowest BCUT2D eigenvalue weighted by atomic mass is 10.1. The van der Waals surface area contributed by atoms with Gasteiger partial charge in [-0.2, -0.15) is 0 Å². The Kier molecular flexibility index (Phi) is 4.38. The minimum atomic E-state index is -0.145. The van der Waals surface area contributed by atoms with Crippen molar-refractivity contribution in [2.24, 2.45) is 7.05 Å². The van der Waals surface area contributed by atoms with Crippen LogP contribution >= 0.6 is 11.8 Å². The van der Waals surface area contributed by atoms with Crippen LogP contribution in [-0.2, 0) is 11.8 Å². The number of carbonyl (C=O) groups is 1. The van der Waals surface area contributed by atoms with E-state index >= 15 is 0 Å². The number of imidazole rings is 1. The van der Waals surface area contributed by atoms with Crippen LogP contribution in [0.25, 0.3) is 11.0 Å². The molecule has 1 aromatic carbocycles. The van der Waals surface area contributed by atoms with E-state index in [0.29, 0.717) is 5.88 Å². The van der Waals surface area contributed by atoms with Gasteiger partial charge in [0.25, 0.3) is 0 Å². The van der Waals surface area contributed by atoms with Gasteiger partial charge >= 0.3 is 0 Å². The van der Waals surface area contributed by atoms with Crippen molar-refractivity contribution in [1.82, 2.24) is 14.7 Å². The molecule has 0 saturated heterocycles. The van der Waals surface area contributed by atoms with E-state index in [0.717, 1.165) is 21.9 Å². The highest BCUT2D eigenvalue weighted by Gasteiger charge is 2.13. The number of rotatable bonds is 5. The molecule has 2 aromatic heterocycles. The van der Waals surface area contributed by atoms with Gasteiger partial charge in [-0.25, -0.2) is 4.98 Å². The van der Waals surface area contributed by atoms with Gasteiger partial charge in [-0.3, -0.25) is 10.1 Å². The smallest absolute Gasteiger partial charge is 0.237 e. The van der Waals surface area contributed by atoms with Crippen LogP contribution in [0.15, 0.2) is 40.0 Å². The van der Waals surface area contributed by atoms with Gasteiger partial charge in [0.1, 0.15) is 0 Å². The Balaban J connectivity index is 1.62. The van der Waals surface area contributed by atoms with Gasteiger partial charge in [0.2, 0.25) is 11.8 Å². The normalized spacial score (nSPS) is 11.3. The molecule has 0 unspecified atom stereocenters. The third-order valence-electron chi connectivity index (χ3n) is 3.46. The van der Waals surface area contributed by atoms with Crippen LogP contribution in [0.3, 0.4) is 0 Å². The molecule has 0 spiro atoms. The highest BCUT2D eigenvalue weighted by atomic mass is 32.2. The first-order chi connectivity index (χ1) is 11.0. The molecule has 120 valence electrons. The summed E-state index contributed by atoms with van der Waals surface area (Å²) in [6.45, 7) is 4.04. The summed E-state index contributed by atoms with van der Waals surface area (Å²) in [6.07, 6.45) is 0. The first kappa shape index (κ1) is 15.6. The van der Waals surface area contributed by atoms with E-state index in [-0.39, 0.29) is 17.6 Å². The summed E-state index contributed by atoms with van der Waals surface area (Å²) < 4.78 is 7.09. The minimum Gasteiger partial charge on any atom is -0.338 e. The summed E-state index contributed by atoms with van der Waals surface area (Å²) in [7, 11) is 1.95. The van der Waals surface area contributed by atoms with Crippen molar-refractivity contribution in [1.29, 1.82) is 0 Å². The monoisotopic (exact) mass is 330 g/mol. The van der Waals surface area contributed by atoms with Gasteiger partial charge in [0.05, 0.1) is 22.5 Å². The molecule has 3 rings (SSSR count). The molecular weight excluding hydrogens is 312 g/mol. The highest BCUT2D eigenvalue weighted by Crippen LogP contribution is 2.23. The number of nitrogens with one attached hydrogen (secondary N) is 1. The maximum absolute atomic E-state index is 12.0. The molecule has 3 aromatic rings. The number of amides is 1. The Morgan fingerprint density at radius 2 is 2.17 bits per heavy atom. The summed E-state index contributed by atoms with van der Waals surface area (Å²) in [5, 5.41) is 7.44. The van der Waals surface area contributed by atoms with Crippen LogP contribution in [-0.4, -0.2) is 26.4 Å². The summed E-state index contributed by atoms with van der Waals surface area (Å²) in [4.78, 5) is 16.6. The zero-order chi connectivity index (χ0) is 16.4. The van der Waals surface area contributed by atoms with Gasteiger partial charge in [0, 0.05) is 13.1 Å². The molecule has 0 bridgehead atoms. The van der Waals surface area contributed by atoms with Crippen LogP contribution < -0.4 is 5.32 Å². The summed E-state index contributed by atoms with van der Waals surface area (Å²) in [5.74, 6) is 0.756. The average Bonchev–Trinajstić information content (AvgIpc) is 3.11. The van der Waals surface area contributed by atoms with Crippen molar-refractivity contribution in [3.63, 3.8) is 0 Å². The quantitative estimate of drug-likeness (QED) is 0.726. The molecule has 1 N–H and O–H groups in total. The van der Waals surface area contributed by atoms with Crippen LogP contribution in [0.2, 0.25) is 0 Å². The van der Waals surface area contributed by atoms with E-state index in [2.05, 4.69) is 15.5 Å². The molecule has 0 atom stereocenters. The minimum absolute atomic E-state index is 0.145. The number of aromatic nitrogens is 3. The maximum atomic E-state index is 12.0. The Morgan fingerprint density at radius 1 is 1.39 bits per heavy atom. The largest absolute Gasteiger partial charge is 0.338 e. The second kappa shape index (κ2) is 6.45. The van der Waals surface area contributed by atoms with Crippen molar-refractivity contribution in [2.45, 2.75) is 24.9 Å². The molecule has 0 aliphatic heterocycles. The molecule has 6 nitrogen and oxygen atoms in total. The number of hydrogen-bond acceptors (Lipinski definition) is 5. The highest BCUT2D eigenvalue weighted by molar-refractivity contribution is 7.99. The van der Waals surface area contributed by atoms with Crippen LogP contribution in [0, 0.1) is 0 Å². The fourth-order valence-electron chi connectivity index (χ4n) is 2.18. The molecule has 0 fully saturated rings. The maximum Gasteiger partial charge on any atom is 0.237 e. The predicted octanol–water partition coefficient (Wildman–Crippen LogP) is 3.42. The van der Waals surface area contributed by atoms with E-state index in [1.54, 1.807) is 6.07 Å². The van der Waals surface area contributed by atoms with Crippen molar-refractivity contribution < 1.29 is 9.32 Å². The van der Waals surface area contributed by atoms with E-state index < -0.39 is 0 Å². The Bertz CT molecular complexity index is 838. The zero-order valence-electron chi connectivity index (χ0n) is 13.2. The number of hydrogen-bond donors (Lipinski definition) is 1. The predicted molar refractivity (Wildman–Crippen MR) is 90.7 cm³/mol. The zero-order valence-corrected chi connectivity index (χ0v) is 14.1. The van der Waals surface area contributed by atoms with Gasteiger partial charge in [-0.1, -0.05) is 42.9 Å². The first-order valence-corrected chi connectivity index (χ1v) is 8.34. The van der Waals surface area contributed by atoms with Crippen LogP contribution in [0.1, 0.15) is 25.5 Å². The van der Waals surface area contributed by atoms with Crippen molar-refractivity contribution >= 4 is 34.6 Å². The van der Waals surface area contributed by atoms with Gasteiger partial charge in [-0.15, -0.1) is 0 Å². The van der Waals surface area contributed by atoms with Crippen molar-refractivity contribution in [3.8, 4) is 0 Å². The number of aryl methyl sites for hydroxylation is 1. The van der Waals surface area contributed by atoms with Crippen LogP contribution in [0.4, 0.5) is 5.88 Å². The molecule has 7 heteroatoms. The first-order valence-electron chi connectivity index (χ1n) is 7.35.